The second kappa shape index (κ2) is 12.5. The van der Waals surface area contributed by atoms with Crippen molar-refractivity contribution in [3.8, 4) is 34.3 Å². The fourth-order valence-corrected chi connectivity index (χ4v) is 4.84. The van der Waals surface area contributed by atoms with Gasteiger partial charge in [0.25, 0.3) is 0 Å². The first-order valence-electron chi connectivity index (χ1n) is 13.3. The van der Waals surface area contributed by atoms with Gasteiger partial charge in [0.1, 0.15) is 64.8 Å². The molecule has 3 aromatic rings. The van der Waals surface area contributed by atoms with E-state index in [0.717, 1.165) is 13.0 Å². The summed E-state index contributed by atoms with van der Waals surface area (Å²) < 4.78 is 33.2. The molecular weight excluding hydrogens is 592 g/mol. The molecule has 9 atom stereocenters. The summed E-state index contributed by atoms with van der Waals surface area (Å²) in [4.78, 5) is 25.6. The van der Waals surface area contributed by atoms with E-state index in [1.165, 1.54) is 30.3 Å². The number of phenols is 2. The molecule has 0 spiro atoms. The summed E-state index contributed by atoms with van der Waals surface area (Å²) in [5.74, 6) is -2.73. The summed E-state index contributed by atoms with van der Waals surface area (Å²) in [7, 11) is 0. The largest absolute Gasteiger partial charge is 0.508 e. The molecule has 16 heteroatoms. The zero-order chi connectivity index (χ0) is 31.9. The Morgan fingerprint density at radius 3 is 2.30 bits per heavy atom. The SMILES string of the molecule is CC(=O)O[C@H]1[C@H](Oc2c(-c3ccc(O)cc3)oc3cc(O[C@@H]4OC[C@H](O)[C@H](O)[C@H]4O)cc(O)c3c2=O)O[C@H](CO)[C@H](O)[C@@H]1O. The van der Waals surface area contributed by atoms with Crippen LogP contribution in [0.25, 0.3) is 22.3 Å². The van der Waals surface area contributed by atoms with Crippen molar-refractivity contribution in [3.05, 3.63) is 46.6 Å². The van der Waals surface area contributed by atoms with Gasteiger partial charge in [-0.1, -0.05) is 0 Å². The molecule has 2 aromatic carbocycles. The van der Waals surface area contributed by atoms with E-state index in [1.54, 1.807) is 0 Å². The van der Waals surface area contributed by atoms with Crippen LogP contribution in [0, 0.1) is 0 Å². The van der Waals surface area contributed by atoms with E-state index >= 15 is 0 Å². The zero-order valence-electron chi connectivity index (χ0n) is 22.9. The zero-order valence-corrected chi connectivity index (χ0v) is 22.9. The lowest BCUT2D eigenvalue weighted by molar-refractivity contribution is -0.282. The number of hydrogen-bond acceptors (Lipinski definition) is 16. The molecule has 2 fully saturated rings. The Balaban J connectivity index is 1.60. The quantitative estimate of drug-likeness (QED) is 0.139. The van der Waals surface area contributed by atoms with Crippen molar-refractivity contribution in [2.24, 2.45) is 0 Å². The highest BCUT2D eigenvalue weighted by Gasteiger charge is 2.48. The number of ether oxygens (including phenoxy) is 5. The minimum absolute atomic E-state index is 0.125. The molecule has 0 saturated carbocycles. The summed E-state index contributed by atoms with van der Waals surface area (Å²) in [6.45, 7) is -0.108. The van der Waals surface area contributed by atoms with Gasteiger partial charge in [-0.3, -0.25) is 9.59 Å². The van der Waals surface area contributed by atoms with Crippen molar-refractivity contribution in [3.63, 3.8) is 0 Å². The highest BCUT2D eigenvalue weighted by Crippen LogP contribution is 2.38. The summed E-state index contributed by atoms with van der Waals surface area (Å²) in [5, 5.41) is 80.6. The lowest BCUT2D eigenvalue weighted by Gasteiger charge is -2.41. The van der Waals surface area contributed by atoms with E-state index in [-0.39, 0.29) is 35.0 Å². The number of fused-ring (bicyclic) bond motifs is 1. The molecule has 0 amide bonds. The molecule has 0 radical (unpaired) electrons. The molecule has 44 heavy (non-hydrogen) atoms. The number of phenolic OH excluding ortho intramolecular Hbond substituents is 2. The normalized spacial score (nSPS) is 30.6. The van der Waals surface area contributed by atoms with E-state index in [4.69, 9.17) is 28.1 Å². The molecule has 0 unspecified atom stereocenters. The minimum atomic E-state index is -1.80. The lowest BCUT2D eigenvalue weighted by atomic mass is 9.99. The molecule has 238 valence electrons. The van der Waals surface area contributed by atoms with Crippen molar-refractivity contribution in [2.75, 3.05) is 13.2 Å². The van der Waals surface area contributed by atoms with E-state index in [9.17, 15) is 50.4 Å². The van der Waals surface area contributed by atoms with Gasteiger partial charge < -0.3 is 69.0 Å². The minimum Gasteiger partial charge on any atom is -0.508 e. The molecule has 0 bridgehead atoms. The molecule has 8 N–H and O–H groups in total. The highest BCUT2D eigenvalue weighted by molar-refractivity contribution is 5.88. The van der Waals surface area contributed by atoms with Gasteiger partial charge in [0.05, 0.1) is 13.2 Å². The molecule has 1 aromatic heterocycles. The maximum atomic E-state index is 13.9. The van der Waals surface area contributed by atoms with E-state index in [2.05, 4.69) is 0 Å². The molecule has 2 aliphatic heterocycles. The van der Waals surface area contributed by atoms with Crippen LogP contribution in [0.2, 0.25) is 0 Å². The summed E-state index contributed by atoms with van der Waals surface area (Å²) in [6, 6.07) is 7.47. The Bertz CT molecular complexity index is 1550. The number of rotatable bonds is 7. The van der Waals surface area contributed by atoms with E-state index in [1.807, 2.05) is 0 Å². The van der Waals surface area contributed by atoms with E-state index in [0.29, 0.717) is 0 Å². The second-order valence-electron chi connectivity index (χ2n) is 10.2. The number of benzene rings is 2. The number of carbonyl (C=O) groups excluding carboxylic acids is 1. The van der Waals surface area contributed by atoms with Crippen LogP contribution in [-0.2, 0) is 19.0 Å². The Kier molecular flexibility index (Phi) is 8.96. The first-order chi connectivity index (χ1) is 20.9. The van der Waals surface area contributed by atoms with Gasteiger partial charge in [0.2, 0.25) is 23.8 Å². The highest BCUT2D eigenvalue weighted by atomic mass is 16.7. The van der Waals surface area contributed by atoms with Crippen LogP contribution < -0.4 is 14.9 Å². The van der Waals surface area contributed by atoms with Crippen LogP contribution in [0.3, 0.4) is 0 Å². The molecule has 0 aliphatic carbocycles. The second-order valence-corrected chi connectivity index (χ2v) is 10.2. The fourth-order valence-electron chi connectivity index (χ4n) is 4.84. The van der Waals surface area contributed by atoms with Crippen molar-refractivity contribution in [2.45, 2.75) is 62.2 Å². The predicted octanol–water partition coefficient (Wildman–Crippen LogP) is -1.56. The van der Waals surface area contributed by atoms with Gasteiger partial charge in [0.15, 0.2) is 11.9 Å². The Morgan fingerprint density at radius 1 is 0.932 bits per heavy atom. The van der Waals surface area contributed by atoms with Crippen LogP contribution >= 0.6 is 0 Å². The van der Waals surface area contributed by atoms with Gasteiger partial charge >= 0.3 is 5.97 Å². The standard InChI is InChI=1S/C28H30O16/c1-10(30)40-26-22(37)20(35)17(8-29)43-28(26)44-25-21(36)18-14(32)6-13(41-27-23(38)19(34)15(33)9-39-27)7-16(18)42-24(25)11-2-4-12(31)5-3-11/h2-7,15,17,19-20,22-23,26-29,31-35,37-38H,8-9H2,1H3/t15-,17+,19-,20-,22-,23+,26+,27-,28-/m0/s1. The number of aliphatic hydroxyl groups excluding tert-OH is 6. The lowest BCUT2D eigenvalue weighted by Crippen LogP contribution is -2.61. The molecule has 3 heterocycles. The van der Waals surface area contributed by atoms with Gasteiger partial charge in [-0.25, -0.2) is 0 Å². The number of aliphatic hydroxyl groups is 6. The van der Waals surface area contributed by atoms with Crippen LogP contribution in [0.15, 0.2) is 45.6 Å². The molecule has 2 saturated heterocycles. The fraction of sp³-hybridized carbons (Fsp3) is 0.429. The van der Waals surface area contributed by atoms with Gasteiger partial charge in [0, 0.05) is 24.6 Å². The third-order valence-electron chi connectivity index (χ3n) is 7.10. The average Bonchev–Trinajstić information content (AvgIpc) is 2.98. The summed E-state index contributed by atoms with van der Waals surface area (Å²) in [6.07, 6.45) is -14.4. The maximum absolute atomic E-state index is 13.9. The average molecular weight is 623 g/mol. The number of carbonyl (C=O) groups is 1. The van der Waals surface area contributed by atoms with Crippen LogP contribution in [0.1, 0.15) is 6.92 Å². The smallest absolute Gasteiger partial charge is 0.303 e. The van der Waals surface area contributed by atoms with Crippen LogP contribution in [-0.4, -0.2) is 115 Å². The third-order valence-corrected chi connectivity index (χ3v) is 7.10. The van der Waals surface area contributed by atoms with Gasteiger partial charge in [-0.05, 0) is 24.3 Å². The summed E-state index contributed by atoms with van der Waals surface area (Å²) >= 11 is 0. The van der Waals surface area contributed by atoms with Crippen LogP contribution in [0.4, 0.5) is 0 Å². The van der Waals surface area contributed by atoms with Gasteiger partial charge in [-0.15, -0.1) is 0 Å². The molecule has 2 aliphatic rings. The number of hydrogen-bond donors (Lipinski definition) is 8. The van der Waals surface area contributed by atoms with Crippen LogP contribution in [0.5, 0.6) is 23.0 Å². The molecular formula is C28H30O16. The molecule has 16 nitrogen and oxygen atoms in total. The Labute approximate surface area is 247 Å². The van der Waals surface area contributed by atoms with Crippen molar-refractivity contribution >= 4 is 16.9 Å². The Hall–Kier alpha value is -4.00. The van der Waals surface area contributed by atoms with E-state index < -0.39 is 90.2 Å². The van der Waals surface area contributed by atoms with Crippen molar-refractivity contribution < 1.29 is 73.7 Å². The van der Waals surface area contributed by atoms with Crippen molar-refractivity contribution in [1.82, 2.24) is 0 Å². The summed E-state index contributed by atoms with van der Waals surface area (Å²) in [5.41, 5.74) is -1.06. The topological polar surface area (TPSA) is 255 Å². The third kappa shape index (κ3) is 6.01. The maximum Gasteiger partial charge on any atom is 0.303 e. The van der Waals surface area contributed by atoms with Gasteiger partial charge in [-0.2, -0.15) is 0 Å². The first kappa shape index (κ1) is 31.4. The number of esters is 1. The van der Waals surface area contributed by atoms with Crippen molar-refractivity contribution in [1.29, 1.82) is 0 Å². The Morgan fingerprint density at radius 2 is 1.64 bits per heavy atom. The predicted molar refractivity (Wildman–Crippen MR) is 144 cm³/mol. The monoisotopic (exact) mass is 622 g/mol. The number of aromatic hydroxyl groups is 2. The first-order valence-corrected chi connectivity index (χ1v) is 13.3. The molecule has 5 rings (SSSR count).